The van der Waals surface area contributed by atoms with Gasteiger partial charge in [-0.2, -0.15) is 0 Å². The molecule has 1 amide bonds. The predicted octanol–water partition coefficient (Wildman–Crippen LogP) is 1.97. The molecule has 2 heterocycles. The van der Waals surface area contributed by atoms with Crippen molar-refractivity contribution in [3.63, 3.8) is 0 Å². The highest BCUT2D eigenvalue weighted by Crippen LogP contribution is 2.36. The molecular formula is C15H18N4O2. The summed E-state index contributed by atoms with van der Waals surface area (Å²) >= 11 is 0. The predicted molar refractivity (Wildman–Crippen MR) is 78.8 cm³/mol. The lowest BCUT2D eigenvalue weighted by Crippen LogP contribution is -2.36. The van der Waals surface area contributed by atoms with E-state index in [1.165, 1.54) is 0 Å². The van der Waals surface area contributed by atoms with Crippen LogP contribution in [0.15, 0.2) is 18.2 Å². The van der Waals surface area contributed by atoms with Gasteiger partial charge in [-0.3, -0.25) is 9.89 Å². The largest absolute Gasteiger partial charge is 0.495 e. The second kappa shape index (κ2) is 5.55. The van der Waals surface area contributed by atoms with Crippen LogP contribution >= 0.6 is 0 Å². The molecule has 0 aliphatic carbocycles. The van der Waals surface area contributed by atoms with Gasteiger partial charge >= 0.3 is 0 Å². The number of carbonyl (C=O) groups excluding carboxylic acids is 1. The molecule has 0 spiro atoms. The number of amides is 1. The minimum atomic E-state index is -0.184. The summed E-state index contributed by atoms with van der Waals surface area (Å²) in [4.78, 5) is 18.6. The molecule has 1 aromatic carbocycles. The molecule has 2 aromatic rings. The summed E-state index contributed by atoms with van der Waals surface area (Å²) in [6.07, 6.45) is 2.60. The summed E-state index contributed by atoms with van der Waals surface area (Å²) in [5, 5.41) is 6.81. The third kappa shape index (κ3) is 2.37. The monoisotopic (exact) mass is 286 g/mol. The van der Waals surface area contributed by atoms with Crippen LogP contribution in [0.3, 0.4) is 0 Å². The lowest BCUT2D eigenvalue weighted by atomic mass is 10.0. The zero-order chi connectivity index (χ0) is 14.8. The molecule has 0 bridgehead atoms. The Labute approximate surface area is 123 Å². The van der Waals surface area contributed by atoms with E-state index in [4.69, 9.17) is 4.74 Å². The first-order valence-corrected chi connectivity index (χ1v) is 7.13. The Bertz CT molecular complexity index is 651. The SMILES string of the molecule is CCc1nc(C(=O)N2CCCc3cccc(OC)c32)n[nH]1. The Hall–Kier alpha value is -2.37. The molecule has 3 rings (SSSR count). The number of nitrogens with one attached hydrogen (secondary N) is 1. The molecule has 0 saturated heterocycles. The minimum Gasteiger partial charge on any atom is -0.495 e. The summed E-state index contributed by atoms with van der Waals surface area (Å²) in [5.74, 6) is 1.46. The summed E-state index contributed by atoms with van der Waals surface area (Å²) in [6, 6.07) is 5.86. The fourth-order valence-corrected chi connectivity index (χ4v) is 2.65. The molecule has 6 nitrogen and oxygen atoms in total. The maximum absolute atomic E-state index is 12.7. The molecule has 1 N–H and O–H groups in total. The van der Waals surface area contributed by atoms with Gasteiger partial charge in [0.05, 0.1) is 12.8 Å². The van der Waals surface area contributed by atoms with E-state index in [2.05, 4.69) is 15.2 Å². The van der Waals surface area contributed by atoms with E-state index in [-0.39, 0.29) is 11.7 Å². The Kier molecular flexibility index (Phi) is 3.60. The molecule has 6 heteroatoms. The van der Waals surface area contributed by atoms with Crippen LogP contribution in [0, 0.1) is 0 Å². The lowest BCUT2D eigenvalue weighted by Gasteiger charge is -2.30. The van der Waals surface area contributed by atoms with Gasteiger partial charge in [0.1, 0.15) is 11.6 Å². The van der Waals surface area contributed by atoms with E-state index in [1.807, 2.05) is 25.1 Å². The van der Waals surface area contributed by atoms with Gasteiger partial charge in [-0.25, -0.2) is 4.98 Å². The average Bonchev–Trinajstić information content (AvgIpc) is 3.02. The van der Waals surface area contributed by atoms with Crippen molar-refractivity contribution in [1.82, 2.24) is 15.2 Å². The first-order chi connectivity index (χ1) is 10.2. The molecule has 0 radical (unpaired) electrons. The Morgan fingerprint density at radius 1 is 1.48 bits per heavy atom. The molecule has 1 aliphatic rings. The third-order valence-corrected chi connectivity index (χ3v) is 3.70. The fourth-order valence-electron chi connectivity index (χ4n) is 2.65. The van der Waals surface area contributed by atoms with Crippen LogP contribution in [0.1, 0.15) is 35.4 Å². The molecule has 1 aliphatic heterocycles. The number of hydrogen-bond donors (Lipinski definition) is 1. The van der Waals surface area contributed by atoms with Gasteiger partial charge in [-0.1, -0.05) is 19.1 Å². The summed E-state index contributed by atoms with van der Waals surface area (Å²) in [7, 11) is 1.62. The van der Waals surface area contributed by atoms with Gasteiger partial charge in [-0.15, -0.1) is 5.10 Å². The summed E-state index contributed by atoms with van der Waals surface area (Å²) in [5.41, 5.74) is 1.97. The van der Waals surface area contributed by atoms with Gasteiger partial charge in [0.15, 0.2) is 0 Å². The van der Waals surface area contributed by atoms with Crippen molar-refractivity contribution in [2.24, 2.45) is 0 Å². The summed E-state index contributed by atoms with van der Waals surface area (Å²) < 4.78 is 5.41. The number of carbonyl (C=O) groups is 1. The van der Waals surface area contributed by atoms with Gasteiger partial charge in [0.25, 0.3) is 5.91 Å². The van der Waals surface area contributed by atoms with E-state index in [0.717, 1.165) is 36.3 Å². The normalized spacial score (nSPS) is 13.9. The maximum atomic E-state index is 12.7. The van der Waals surface area contributed by atoms with Crippen LogP contribution in [-0.4, -0.2) is 34.7 Å². The molecule has 110 valence electrons. The van der Waals surface area contributed by atoms with Crippen molar-refractivity contribution in [2.45, 2.75) is 26.2 Å². The number of aryl methyl sites for hydroxylation is 2. The molecular weight excluding hydrogens is 268 g/mol. The number of rotatable bonds is 3. The van der Waals surface area contributed by atoms with Crippen molar-refractivity contribution in [3.8, 4) is 5.75 Å². The third-order valence-electron chi connectivity index (χ3n) is 3.70. The zero-order valence-electron chi connectivity index (χ0n) is 12.2. The number of methoxy groups -OCH3 is 1. The van der Waals surface area contributed by atoms with Crippen molar-refractivity contribution >= 4 is 11.6 Å². The van der Waals surface area contributed by atoms with Crippen LogP contribution < -0.4 is 9.64 Å². The highest BCUT2D eigenvalue weighted by atomic mass is 16.5. The molecule has 0 saturated carbocycles. The minimum absolute atomic E-state index is 0.184. The zero-order valence-corrected chi connectivity index (χ0v) is 12.2. The first-order valence-electron chi connectivity index (χ1n) is 7.13. The molecule has 0 atom stereocenters. The fraction of sp³-hybridized carbons (Fsp3) is 0.400. The quantitative estimate of drug-likeness (QED) is 0.936. The standard InChI is InChI=1S/C15H18N4O2/c1-3-12-16-14(18-17-12)15(20)19-9-5-7-10-6-4-8-11(21-2)13(10)19/h4,6,8H,3,5,7,9H2,1-2H3,(H,16,17,18). The number of aromatic amines is 1. The molecule has 1 aromatic heterocycles. The number of hydrogen-bond acceptors (Lipinski definition) is 4. The van der Waals surface area contributed by atoms with E-state index in [9.17, 15) is 4.79 Å². The average molecular weight is 286 g/mol. The van der Waals surface area contributed by atoms with E-state index in [0.29, 0.717) is 12.3 Å². The van der Waals surface area contributed by atoms with Crippen molar-refractivity contribution in [1.29, 1.82) is 0 Å². The molecule has 21 heavy (non-hydrogen) atoms. The summed E-state index contributed by atoms with van der Waals surface area (Å²) in [6.45, 7) is 2.62. The van der Waals surface area contributed by atoms with Gasteiger partial charge in [0, 0.05) is 13.0 Å². The highest BCUT2D eigenvalue weighted by molar-refractivity contribution is 6.05. The second-order valence-electron chi connectivity index (χ2n) is 4.99. The molecule has 0 unspecified atom stereocenters. The van der Waals surface area contributed by atoms with E-state index in [1.54, 1.807) is 12.0 Å². The number of nitrogens with zero attached hydrogens (tertiary/aromatic N) is 3. The highest BCUT2D eigenvalue weighted by Gasteiger charge is 2.28. The topological polar surface area (TPSA) is 71.1 Å². The number of benzene rings is 1. The van der Waals surface area contributed by atoms with E-state index >= 15 is 0 Å². The van der Waals surface area contributed by atoms with Crippen LogP contribution in [0.2, 0.25) is 0 Å². The number of para-hydroxylation sites is 1. The molecule has 0 fully saturated rings. The van der Waals surface area contributed by atoms with Gasteiger partial charge in [-0.05, 0) is 24.5 Å². The second-order valence-corrected chi connectivity index (χ2v) is 4.99. The first kappa shape index (κ1) is 13.6. The van der Waals surface area contributed by atoms with E-state index < -0.39 is 0 Å². The Morgan fingerprint density at radius 2 is 2.33 bits per heavy atom. The number of fused-ring (bicyclic) bond motifs is 1. The smallest absolute Gasteiger partial charge is 0.298 e. The van der Waals surface area contributed by atoms with Crippen molar-refractivity contribution in [2.75, 3.05) is 18.6 Å². The van der Waals surface area contributed by atoms with Crippen molar-refractivity contribution in [3.05, 3.63) is 35.4 Å². The van der Waals surface area contributed by atoms with Gasteiger partial charge < -0.3 is 9.64 Å². The van der Waals surface area contributed by atoms with Crippen LogP contribution in [0.4, 0.5) is 5.69 Å². The number of aromatic nitrogens is 3. The number of anilines is 1. The maximum Gasteiger partial charge on any atom is 0.298 e. The lowest BCUT2D eigenvalue weighted by molar-refractivity contribution is 0.0974. The van der Waals surface area contributed by atoms with Gasteiger partial charge in [0.2, 0.25) is 5.82 Å². The Morgan fingerprint density at radius 3 is 3.05 bits per heavy atom. The number of ether oxygens (including phenoxy) is 1. The van der Waals surface area contributed by atoms with Crippen LogP contribution in [-0.2, 0) is 12.8 Å². The van der Waals surface area contributed by atoms with Crippen molar-refractivity contribution < 1.29 is 9.53 Å². The number of H-pyrrole nitrogens is 1. The van der Waals surface area contributed by atoms with Crippen LogP contribution in [0.5, 0.6) is 5.75 Å². The van der Waals surface area contributed by atoms with Crippen LogP contribution in [0.25, 0.3) is 0 Å². The Balaban J connectivity index is 1.99.